The van der Waals surface area contributed by atoms with Crippen LogP contribution in [0.25, 0.3) is 5.57 Å². The predicted octanol–water partition coefficient (Wildman–Crippen LogP) is 5.19. The summed E-state index contributed by atoms with van der Waals surface area (Å²) in [5.41, 5.74) is 4.24. The molecule has 1 heterocycles. The van der Waals surface area contributed by atoms with Crippen LogP contribution in [0.15, 0.2) is 84.6 Å². The minimum absolute atomic E-state index is 0.237. The van der Waals surface area contributed by atoms with Gasteiger partial charge in [0.05, 0.1) is 6.04 Å². The van der Waals surface area contributed by atoms with E-state index in [-0.39, 0.29) is 18.1 Å². The Bertz CT molecular complexity index is 1020. The molecule has 0 aromatic heterocycles. The molecule has 4 rings (SSSR count). The third-order valence-electron chi connectivity index (χ3n) is 5.05. The first-order chi connectivity index (χ1) is 13.5. The lowest BCUT2D eigenvalue weighted by Crippen LogP contribution is -2.29. The Morgan fingerprint density at radius 2 is 1.57 bits per heavy atom. The van der Waals surface area contributed by atoms with Gasteiger partial charge in [0.2, 0.25) is 0 Å². The summed E-state index contributed by atoms with van der Waals surface area (Å²) in [7, 11) is 0. The Labute approximate surface area is 163 Å². The van der Waals surface area contributed by atoms with Gasteiger partial charge < -0.3 is 10.0 Å². The van der Waals surface area contributed by atoms with Crippen LogP contribution in [0.1, 0.15) is 28.3 Å². The molecule has 1 unspecified atom stereocenters. The molecule has 1 aliphatic rings. The van der Waals surface area contributed by atoms with E-state index in [1.807, 2.05) is 61.5 Å². The number of benzene rings is 3. The minimum Gasteiger partial charge on any atom is -0.503 e. The maximum absolute atomic E-state index is 13.3. The molecular weight excluding hydrogens is 353 g/mol. The van der Waals surface area contributed by atoms with E-state index in [0.717, 1.165) is 22.3 Å². The lowest BCUT2D eigenvalue weighted by atomic mass is 9.93. The van der Waals surface area contributed by atoms with Gasteiger partial charge in [-0.1, -0.05) is 72.3 Å². The highest BCUT2D eigenvalue weighted by atomic mass is 19.1. The van der Waals surface area contributed by atoms with Crippen molar-refractivity contribution in [1.82, 2.24) is 4.90 Å². The number of aliphatic hydroxyl groups is 1. The van der Waals surface area contributed by atoms with Crippen molar-refractivity contribution in [2.45, 2.75) is 19.5 Å². The molecule has 1 N–H and O–H groups in total. The SMILES string of the molecule is Cc1ccc(C2C(c3ccccc3)=C(O)C(=O)N2Cc2ccc(F)cc2)cc1. The van der Waals surface area contributed by atoms with Crippen LogP contribution in [-0.2, 0) is 11.3 Å². The van der Waals surface area contributed by atoms with E-state index in [1.54, 1.807) is 17.0 Å². The fourth-order valence-corrected chi connectivity index (χ4v) is 3.61. The average Bonchev–Trinajstić information content (AvgIpc) is 2.96. The van der Waals surface area contributed by atoms with Gasteiger partial charge in [0.1, 0.15) is 5.82 Å². The molecule has 140 valence electrons. The van der Waals surface area contributed by atoms with Gasteiger partial charge >= 0.3 is 0 Å². The molecular formula is C24H20FNO2. The minimum atomic E-state index is -0.422. The van der Waals surface area contributed by atoms with Gasteiger partial charge in [0, 0.05) is 12.1 Å². The van der Waals surface area contributed by atoms with Gasteiger partial charge in [0.25, 0.3) is 5.91 Å². The fraction of sp³-hybridized carbons (Fsp3) is 0.125. The van der Waals surface area contributed by atoms with Gasteiger partial charge in [-0.25, -0.2) is 4.39 Å². The average molecular weight is 373 g/mol. The monoisotopic (exact) mass is 373 g/mol. The molecule has 3 aromatic carbocycles. The van der Waals surface area contributed by atoms with Gasteiger partial charge in [0.15, 0.2) is 5.76 Å². The summed E-state index contributed by atoms with van der Waals surface area (Å²) in [5.74, 6) is -0.981. The van der Waals surface area contributed by atoms with E-state index in [2.05, 4.69) is 0 Å². The standard InChI is InChI=1S/C24H20FNO2/c1-16-7-11-19(12-8-16)22-21(18-5-3-2-4-6-18)23(27)24(28)26(22)15-17-9-13-20(25)14-10-17/h2-14,22,27H,15H2,1H3. The molecule has 1 aliphatic heterocycles. The van der Waals surface area contributed by atoms with Crippen LogP contribution < -0.4 is 0 Å². The molecule has 0 aliphatic carbocycles. The largest absolute Gasteiger partial charge is 0.503 e. The number of aliphatic hydroxyl groups excluding tert-OH is 1. The highest BCUT2D eigenvalue weighted by Gasteiger charge is 2.40. The van der Waals surface area contributed by atoms with Crippen LogP contribution in [0.2, 0.25) is 0 Å². The topological polar surface area (TPSA) is 40.5 Å². The second kappa shape index (κ2) is 7.31. The normalized spacial score (nSPS) is 16.7. The van der Waals surface area contributed by atoms with E-state index in [4.69, 9.17) is 0 Å². The Balaban J connectivity index is 1.80. The van der Waals surface area contributed by atoms with Crippen LogP contribution in [0.3, 0.4) is 0 Å². The first-order valence-electron chi connectivity index (χ1n) is 9.15. The van der Waals surface area contributed by atoms with Crippen molar-refractivity contribution in [2.24, 2.45) is 0 Å². The summed E-state index contributed by atoms with van der Waals surface area (Å²) >= 11 is 0. The van der Waals surface area contributed by atoms with E-state index in [0.29, 0.717) is 5.57 Å². The first-order valence-corrected chi connectivity index (χ1v) is 9.15. The van der Waals surface area contributed by atoms with E-state index in [9.17, 15) is 14.3 Å². The molecule has 1 amide bonds. The zero-order valence-electron chi connectivity index (χ0n) is 15.5. The van der Waals surface area contributed by atoms with E-state index >= 15 is 0 Å². The van der Waals surface area contributed by atoms with Crippen molar-refractivity contribution >= 4 is 11.5 Å². The number of carbonyl (C=O) groups excluding carboxylic acids is 1. The molecule has 0 saturated carbocycles. The summed E-state index contributed by atoms with van der Waals surface area (Å²) in [6.07, 6.45) is 0. The molecule has 0 spiro atoms. The lowest BCUT2D eigenvalue weighted by molar-refractivity contribution is -0.130. The van der Waals surface area contributed by atoms with Crippen LogP contribution >= 0.6 is 0 Å². The Morgan fingerprint density at radius 1 is 0.929 bits per heavy atom. The van der Waals surface area contributed by atoms with Crippen molar-refractivity contribution in [1.29, 1.82) is 0 Å². The number of rotatable bonds is 4. The van der Waals surface area contributed by atoms with Gasteiger partial charge in [-0.15, -0.1) is 0 Å². The molecule has 28 heavy (non-hydrogen) atoms. The van der Waals surface area contributed by atoms with Crippen LogP contribution in [0.5, 0.6) is 0 Å². The molecule has 4 heteroatoms. The molecule has 3 nitrogen and oxygen atoms in total. The van der Waals surface area contributed by atoms with Gasteiger partial charge in [-0.05, 0) is 35.7 Å². The molecule has 0 radical (unpaired) electrons. The Kier molecular flexibility index (Phi) is 4.70. The highest BCUT2D eigenvalue weighted by molar-refractivity contribution is 6.05. The van der Waals surface area contributed by atoms with Crippen molar-refractivity contribution in [3.8, 4) is 0 Å². The van der Waals surface area contributed by atoms with Crippen molar-refractivity contribution in [3.05, 3.63) is 113 Å². The molecule has 1 atom stereocenters. The van der Waals surface area contributed by atoms with Crippen LogP contribution in [0, 0.1) is 12.7 Å². The summed E-state index contributed by atoms with van der Waals surface area (Å²) in [5, 5.41) is 10.7. The van der Waals surface area contributed by atoms with Crippen molar-refractivity contribution < 1.29 is 14.3 Å². The second-order valence-electron chi connectivity index (χ2n) is 7.00. The number of halogens is 1. The Morgan fingerprint density at radius 3 is 2.21 bits per heavy atom. The third-order valence-corrected chi connectivity index (χ3v) is 5.05. The number of aryl methyl sites for hydroxylation is 1. The maximum Gasteiger partial charge on any atom is 0.290 e. The van der Waals surface area contributed by atoms with Crippen molar-refractivity contribution in [2.75, 3.05) is 0 Å². The molecule has 0 saturated heterocycles. The number of nitrogens with zero attached hydrogens (tertiary/aromatic N) is 1. The van der Waals surface area contributed by atoms with Gasteiger partial charge in [-0.2, -0.15) is 0 Å². The summed E-state index contributed by atoms with van der Waals surface area (Å²) in [6.45, 7) is 2.28. The predicted molar refractivity (Wildman–Crippen MR) is 107 cm³/mol. The summed E-state index contributed by atoms with van der Waals surface area (Å²) in [4.78, 5) is 14.6. The number of hydrogen-bond acceptors (Lipinski definition) is 2. The highest BCUT2D eigenvalue weighted by Crippen LogP contribution is 2.43. The zero-order valence-corrected chi connectivity index (χ0v) is 15.5. The number of amides is 1. The smallest absolute Gasteiger partial charge is 0.290 e. The Hall–Kier alpha value is -3.40. The number of carbonyl (C=O) groups is 1. The van der Waals surface area contributed by atoms with E-state index in [1.165, 1.54) is 12.1 Å². The van der Waals surface area contributed by atoms with Crippen LogP contribution in [-0.4, -0.2) is 15.9 Å². The zero-order chi connectivity index (χ0) is 19.7. The lowest BCUT2D eigenvalue weighted by Gasteiger charge is -2.27. The molecule has 0 fully saturated rings. The van der Waals surface area contributed by atoms with Gasteiger partial charge in [-0.3, -0.25) is 4.79 Å². The second-order valence-corrected chi connectivity index (χ2v) is 7.00. The molecule has 3 aromatic rings. The van der Waals surface area contributed by atoms with Crippen LogP contribution in [0.4, 0.5) is 4.39 Å². The van der Waals surface area contributed by atoms with E-state index < -0.39 is 11.9 Å². The third kappa shape index (κ3) is 3.29. The first kappa shape index (κ1) is 18.0. The van der Waals surface area contributed by atoms with Crippen molar-refractivity contribution in [3.63, 3.8) is 0 Å². The summed E-state index contributed by atoms with van der Waals surface area (Å²) < 4.78 is 13.3. The fourth-order valence-electron chi connectivity index (χ4n) is 3.61. The maximum atomic E-state index is 13.3. The quantitative estimate of drug-likeness (QED) is 0.684. The number of hydrogen-bond donors (Lipinski definition) is 1. The summed E-state index contributed by atoms with van der Waals surface area (Å²) in [6, 6.07) is 23.0. The molecule has 0 bridgehead atoms.